The van der Waals surface area contributed by atoms with Gasteiger partial charge in [-0.2, -0.15) is 5.10 Å². The quantitative estimate of drug-likeness (QED) is 0.488. The molecule has 25 heavy (non-hydrogen) atoms. The predicted molar refractivity (Wildman–Crippen MR) is 88.4 cm³/mol. The average Bonchev–Trinajstić information content (AvgIpc) is 3.09. The van der Waals surface area contributed by atoms with Gasteiger partial charge < -0.3 is 4.74 Å². The van der Waals surface area contributed by atoms with Gasteiger partial charge in [-0.15, -0.1) is 0 Å². The van der Waals surface area contributed by atoms with E-state index in [1.54, 1.807) is 54.6 Å². The van der Waals surface area contributed by atoms with Crippen LogP contribution in [0.3, 0.4) is 0 Å². The van der Waals surface area contributed by atoms with Gasteiger partial charge in [-0.05, 0) is 18.2 Å². The van der Waals surface area contributed by atoms with Crippen LogP contribution in [0.2, 0.25) is 0 Å². The second kappa shape index (κ2) is 7.26. The van der Waals surface area contributed by atoms with Crippen LogP contribution in [0.5, 0.6) is 0 Å². The zero-order valence-electron chi connectivity index (χ0n) is 13.0. The first-order valence-electron chi connectivity index (χ1n) is 7.39. The zero-order valence-corrected chi connectivity index (χ0v) is 13.0. The fourth-order valence-electron chi connectivity index (χ4n) is 2.14. The number of nitrogens with zero attached hydrogens (tertiary/aromatic N) is 1. The molecule has 1 aromatic heterocycles. The minimum absolute atomic E-state index is 0.0942. The number of ether oxygens (including phenoxy) is 1. The lowest BCUT2D eigenvalue weighted by molar-refractivity contribution is -0.125. The maximum Gasteiger partial charge on any atom is 0.359 e. The first-order valence-corrected chi connectivity index (χ1v) is 7.39. The molecule has 0 radical (unpaired) electrons. The molecule has 0 aliphatic rings. The molecule has 0 bridgehead atoms. The summed E-state index contributed by atoms with van der Waals surface area (Å²) in [6.07, 6.45) is 0. The highest BCUT2D eigenvalue weighted by Crippen LogP contribution is 2.15. The fraction of sp³-hybridized carbons (Fsp3) is 0.0588. The van der Waals surface area contributed by atoms with Gasteiger partial charge >= 0.3 is 5.97 Å². The lowest BCUT2D eigenvalue weighted by atomic mass is 10.2. The van der Waals surface area contributed by atoms with Crippen LogP contribution in [-0.2, 0) is 9.53 Å². The van der Waals surface area contributed by atoms with Crippen molar-refractivity contribution in [3.8, 4) is 0 Å². The largest absolute Gasteiger partial charge is 0.451 e. The summed E-state index contributed by atoms with van der Waals surface area (Å²) in [7, 11) is 0. The predicted octanol–water partition coefficient (Wildman–Crippen LogP) is 1.18. The number of benzene rings is 2. The highest BCUT2D eigenvalue weighted by atomic mass is 16.5. The summed E-state index contributed by atoms with van der Waals surface area (Å²) in [4.78, 5) is 35.5. The van der Waals surface area contributed by atoms with Gasteiger partial charge in [-0.25, -0.2) is 4.79 Å². The van der Waals surface area contributed by atoms with E-state index in [1.165, 1.54) is 0 Å². The summed E-state index contributed by atoms with van der Waals surface area (Å²) in [5.74, 6) is -1.88. The maximum absolute atomic E-state index is 12.0. The SMILES string of the molecule is O=C(COC(=O)c1n[nH]c2ccccc12)NNC(=O)c1ccccc1. The lowest BCUT2D eigenvalue weighted by Crippen LogP contribution is -2.43. The molecular formula is C17H14N4O4. The summed E-state index contributed by atoms with van der Waals surface area (Å²) in [5.41, 5.74) is 5.58. The summed E-state index contributed by atoms with van der Waals surface area (Å²) in [6, 6.07) is 15.4. The Hall–Kier alpha value is -3.68. The Kier molecular flexibility index (Phi) is 4.70. The van der Waals surface area contributed by atoms with Gasteiger partial charge in [0.15, 0.2) is 12.3 Å². The van der Waals surface area contributed by atoms with Crippen LogP contribution in [0.4, 0.5) is 0 Å². The van der Waals surface area contributed by atoms with Crippen molar-refractivity contribution in [1.82, 2.24) is 21.0 Å². The molecular weight excluding hydrogens is 324 g/mol. The topological polar surface area (TPSA) is 113 Å². The van der Waals surface area contributed by atoms with Crippen molar-refractivity contribution in [1.29, 1.82) is 0 Å². The number of hydrazine groups is 1. The average molecular weight is 338 g/mol. The molecule has 0 unspecified atom stereocenters. The second-order valence-electron chi connectivity index (χ2n) is 5.06. The number of H-pyrrole nitrogens is 1. The Balaban J connectivity index is 1.50. The number of esters is 1. The Bertz CT molecular complexity index is 921. The van der Waals surface area contributed by atoms with Crippen LogP contribution < -0.4 is 10.9 Å². The minimum atomic E-state index is -0.734. The second-order valence-corrected chi connectivity index (χ2v) is 5.06. The Labute approximate surface area is 142 Å². The molecule has 0 fully saturated rings. The molecule has 0 saturated heterocycles. The molecule has 8 heteroatoms. The van der Waals surface area contributed by atoms with E-state index in [0.29, 0.717) is 16.5 Å². The molecule has 3 aromatic rings. The fourth-order valence-corrected chi connectivity index (χ4v) is 2.14. The third kappa shape index (κ3) is 3.81. The first kappa shape index (κ1) is 16.2. The van der Waals surface area contributed by atoms with Crippen molar-refractivity contribution in [2.45, 2.75) is 0 Å². The number of carbonyl (C=O) groups is 3. The number of para-hydroxylation sites is 1. The minimum Gasteiger partial charge on any atom is -0.451 e. The van der Waals surface area contributed by atoms with Crippen LogP contribution >= 0.6 is 0 Å². The molecule has 3 N–H and O–H groups in total. The number of nitrogens with one attached hydrogen (secondary N) is 3. The van der Waals surface area contributed by atoms with E-state index in [2.05, 4.69) is 21.0 Å². The Morgan fingerprint density at radius 1 is 0.960 bits per heavy atom. The first-order chi connectivity index (χ1) is 12.1. The van der Waals surface area contributed by atoms with Crippen LogP contribution in [-0.4, -0.2) is 34.6 Å². The number of fused-ring (bicyclic) bond motifs is 1. The molecule has 2 amide bonds. The highest BCUT2D eigenvalue weighted by molar-refractivity contribution is 6.02. The number of amides is 2. The summed E-state index contributed by atoms with van der Waals surface area (Å²) in [5, 5.41) is 7.19. The van der Waals surface area contributed by atoms with Crippen molar-refractivity contribution < 1.29 is 19.1 Å². The van der Waals surface area contributed by atoms with Gasteiger partial charge in [0.05, 0.1) is 5.52 Å². The van der Waals surface area contributed by atoms with E-state index in [1.807, 2.05) is 0 Å². The molecule has 8 nitrogen and oxygen atoms in total. The van der Waals surface area contributed by atoms with Gasteiger partial charge in [0.2, 0.25) is 0 Å². The van der Waals surface area contributed by atoms with Crippen LogP contribution in [0.15, 0.2) is 54.6 Å². The zero-order chi connectivity index (χ0) is 17.6. The molecule has 3 rings (SSSR count). The smallest absolute Gasteiger partial charge is 0.359 e. The number of aromatic nitrogens is 2. The lowest BCUT2D eigenvalue weighted by Gasteiger charge is -2.07. The van der Waals surface area contributed by atoms with Gasteiger partial charge in [-0.1, -0.05) is 36.4 Å². The van der Waals surface area contributed by atoms with Crippen molar-refractivity contribution in [2.24, 2.45) is 0 Å². The molecule has 0 aliphatic heterocycles. The standard InChI is InChI=1S/C17H14N4O4/c22-14(19-21-16(23)11-6-2-1-3-7-11)10-25-17(24)15-12-8-4-5-9-13(12)18-20-15/h1-9H,10H2,(H,18,20)(H,19,22)(H,21,23). The number of hydrogen-bond donors (Lipinski definition) is 3. The Morgan fingerprint density at radius 3 is 2.48 bits per heavy atom. The van der Waals surface area contributed by atoms with E-state index in [0.717, 1.165) is 0 Å². The van der Waals surface area contributed by atoms with E-state index < -0.39 is 24.4 Å². The normalized spacial score (nSPS) is 10.2. The Morgan fingerprint density at radius 2 is 1.68 bits per heavy atom. The summed E-state index contributed by atoms with van der Waals surface area (Å²) < 4.78 is 4.91. The van der Waals surface area contributed by atoms with Crippen molar-refractivity contribution in [2.75, 3.05) is 6.61 Å². The van der Waals surface area contributed by atoms with Gasteiger partial charge in [0.1, 0.15) is 0 Å². The number of hydrogen-bond acceptors (Lipinski definition) is 5. The van der Waals surface area contributed by atoms with Crippen LogP contribution in [0, 0.1) is 0 Å². The van der Waals surface area contributed by atoms with Gasteiger partial charge in [0, 0.05) is 10.9 Å². The molecule has 0 saturated carbocycles. The van der Waals surface area contributed by atoms with Crippen molar-refractivity contribution >= 4 is 28.7 Å². The van der Waals surface area contributed by atoms with E-state index in [-0.39, 0.29) is 5.69 Å². The number of aromatic amines is 1. The summed E-state index contributed by atoms with van der Waals surface area (Å²) >= 11 is 0. The third-order valence-electron chi connectivity index (χ3n) is 3.35. The van der Waals surface area contributed by atoms with Crippen LogP contribution in [0.25, 0.3) is 10.9 Å². The highest BCUT2D eigenvalue weighted by Gasteiger charge is 2.17. The van der Waals surface area contributed by atoms with Crippen molar-refractivity contribution in [3.63, 3.8) is 0 Å². The molecule has 0 aliphatic carbocycles. The molecule has 0 atom stereocenters. The third-order valence-corrected chi connectivity index (χ3v) is 3.35. The summed E-state index contributed by atoms with van der Waals surface area (Å²) in [6.45, 7) is -0.547. The number of carbonyl (C=O) groups excluding carboxylic acids is 3. The van der Waals surface area contributed by atoms with Crippen LogP contribution in [0.1, 0.15) is 20.8 Å². The molecule has 2 aromatic carbocycles. The molecule has 126 valence electrons. The van der Waals surface area contributed by atoms with Crippen molar-refractivity contribution in [3.05, 3.63) is 65.9 Å². The van der Waals surface area contributed by atoms with E-state index in [4.69, 9.17) is 4.74 Å². The number of rotatable bonds is 4. The molecule has 1 heterocycles. The monoisotopic (exact) mass is 338 g/mol. The van der Waals surface area contributed by atoms with Gasteiger partial charge in [0.25, 0.3) is 11.8 Å². The maximum atomic E-state index is 12.0. The van der Waals surface area contributed by atoms with E-state index >= 15 is 0 Å². The van der Waals surface area contributed by atoms with Gasteiger partial charge in [-0.3, -0.25) is 25.5 Å². The molecule has 0 spiro atoms. The van der Waals surface area contributed by atoms with E-state index in [9.17, 15) is 14.4 Å².